The average molecular weight is 389 g/mol. The van der Waals surface area contributed by atoms with Gasteiger partial charge in [0, 0.05) is 21.6 Å². The lowest BCUT2D eigenvalue weighted by atomic mass is 9.80. The second-order valence-corrected chi connectivity index (χ2v) is 10.1. The van der Waals surface area contributed by atoms with Crippen molar-refractivity contribution in [2.75, 3.05) is 0 Å². The van der Waals surface area contributed by atoms with Crippen molar-refractivity contribution < 1.29 is 8.42 Å². The number of hydrogen-bond donors (Lipinski definition) is 2. The summed E-state index contributed by atoms with van der Waals surface area (Å²) >= 11 is 3.40. The molecule has 1 aromatic carbocycles. The molecule has 0 aliphatic carbocycles. The molecule has 1 aromatic rings. The Morgan fingerprint density at radius 1 is 1.18 bits per heavy atom. The molecule has 2 rings (SSSR count). The molecule has 1 aliphatic heterocycles. The van der Waals surface area contributed by atoms with Crippen molar-refractivity contribution in [2.45, 2.75) is 69.5 Å². The Morgan fingerprint density at radius 2 is 1.73 bits per heavy atom. The first-order valence-electron chi connectivity index (χ1n) is 7.48. The molecule has 124 valence electrons. The second kappa shape index (κ2) is 5.89. The third kappa shape index (κ3) is 4.31. The molecule has 6 heteroatoms. The van der Waals surface area contributed by atoms with E-state index in [4.69, 9.17) is 0 Å². The minimum absolute atomic E-state index is 0.0693. The van der Waals surface area contributed by atoms with Gasteiger partial charge in [0.2, 0.25) is 10.0 Å². The zero-order chi connectivity index (χ0) is 16.8. The molecule has 0 amide bonds. The average Bonchev–Trinajstić information content (AvgIpc) is 2.27. The molecule has 0 atom stereocenters. The number of sulfonamides is 1. The molecule has 0 bridgehead atoms. The van der Waals surface area contributed by atoms with Crippen LogP contribution in [0.4, 0.5) is 0 Å². The van der Waals surface area contributed by atoms with Crippen molar-refractivity contribution >= 4 is 26.0 Å². The zero-order valence-corrected chi connectivity index (χ0v) is 16.2. The van der Waals surface area contributed by atoms with E-state index in [9.17, 15) is 8.42 Å². The van der Waals surface area contributed by atoms with Crippen molar-refractivity contribution in [3.63, 3.8) is 0 Å². The fourth-order valence-electron chi connectivity index (χ4n) is 3.48. The number of hydrogen-bond acceptors (Lipinski definition) is 3. The van der Waals surface area contributed by atoms with E-state index in [2.05, 4.69) is 53.7 Å². The van der Waals surface area contributed by atoms with E-state index in [1.807, 2.05) is 6.92 Å². The smallest absolute Gasteiger partial charge is 0.240 e. The highest BCUT2D eigenvalue weighted by Crippen LogP contribution is 2.29. The van der Waals surface area contributed by atoms with E-state index in [0.717, 1.165) is 22.9 Å². The van der Waals surface area contributed by atoms with E-state index < -0.39 is 10.0 Å². The molecule has 2 N–H and O–H groups in total. The van der Waals surface area contributed by atoms with E-state index in [-0.39, 0.29) is 17.1 Å². The van der Waals surface area contributed by atoms with E-state index >= 15 is 0 Å². The van der Waals surface area contributed by atoms with Gasteiger partial charge in [0.25, 0.3) is 0 Å². The SMILES string of the molecule is Cc1cc(S(=O)(=O)NC2CC(C)(C)NC(C)(C)C2)ccc1Br. The predicted octanol–water partition coefficient (Wildman–Crippen LogP) is 3.35. The summed E-state index contributed by atoms with van der Waals surface area (Å²) in [6.07, 6.45) is 1.54. The Hall–Kier alpha value is -0.430. The quantitative estimate of drug-likeness (QED) is 0.834. The lowest BCUT2D eigenvalue weighted by molar-refractivity contribution is 0.157. The highest BCUT2D eigenvalue weighted by molar-refractivity contribution is 9.10. The van der Waals surface area contributed by atoms with Gasteiger partial charge in [0.1, 0.15) is 0 Å². The van der Waals surface area contributed by atoms with Crippen molar-refractivity contribution in [2.24, 2.45) is 0 Å². The van der Waals surface area contributed by atoms with Crippen molar-refractivity contribution in [1.29, 1.82) is 0 Å². The number of aryl methyl sites for hydroxylation is 1. The Bertz CT molecular complexity index is 653. The van der Waals surface area contributed by atoms with Gasteiger partial charge in [-0.1, -0.05) is 15.9 Å². The minimum Gasteiger partial charge on any atom is -0.307 e. The third-order valence-corrected chi connectivity index (χ3v) is 6.36. The number of nitrogens with one attached hydrogen (secondary N) is 2. The lowest BCUT2D eigenvalue weighted by Crippen LogP contribution is -2.62. The number of piperidine rings is 1. The maximum atomic E-state index is 12.6. The molecule has 0 radical (unpaired) electrons. The Morgan fingerprint density at radius 3 is 2.23 bits per heavy atom. The van der Waals surface area contributed by atoms with Crippen LogP contribution in [0.5, 0.6) is 0 Å². The normalized spacial score (nSPS) is 21.7. The first kappa shape index (κ1) is 17.9. The van der Waals surface area contributed by atoms with E-state index in [0.29, 0.717) is 4.90 Å². The van der Waals surface area contributed by atoms with Crippen LogP contribution in [-0.2, 0) is 10.0 Å². The number of benzene rings is 1. The van der Waals surface area contributed by atoms with Crippen LogP contribution in [-0.4, -0.2) is 25.5 Å². The zero-order valence-electron chi connectivity index (χ0n) is 13.8. The number of rotatable bonds is 3. The molecule has 0 spiro atoms. The standard InChI is InChI=1S/C16H25BrN2O2S/c1-11-8-13(6-7-14(11)17)22(20,21)18-12-9-15(2,3)19-16(4,5)10-12/h6-8,12,18-19H,9-10H2,1-5H3. The molecule has 1 heterocycles. The van der Waals surface area contributed by atoms with Crippen LogP contribution < -0.4 is 10.0 Å². The summed E-state index contributed by atoms with van der Waals surface area (Å²) in [5, 5.41) is 3.56. The van der Waals surface area contributed by atoms with Gasteiger partial charge >= 0.3 is 0 Å². The van der Waals surface area contributed by atoms with Gasteiger partial charge in [-0.2, -0.15) is 0 Å². The Kier molecular flexibility index (Phi) is 4.80. The summed E-state index contributed by atoms with van der Waals surface area (Å²) in [6, 6.07) is 5.04. The largest absolute Gasteiger partial charge is 0.307 e. The summed E-state index contributed by atoms with van der Waals surface area (Å²) in [6.45, 7) is 10.3. The molecule has 0 aromatic heterocycles. The van der Waals surface area contributed by atoms with E-state index in [1.54, 1.807) is 18.2 Å². The van der Waals surface area contributed by atoms with Gasteiger partial charge in [-0.05, 0) is 71.2 Å². The van der Waals surface area contributed by atoms with Crippen LogP contribution in [0, 0.1) is 6.92 Å². The fourth-order valence-corrected chi connectivity index (χ4v) is 5.04. The molecule has 1 fully saturated rings. The van der Waals surface area contributed by atoms with E-state index in [1.165, 1.54) is 0 Å². The van der Waals surface area contributed by atoms with Crippen LogP contribution in [0.3, 0.4) is 0 Å². The van der Waals surface area contributed by atoms with Gasteiger partial charge in [0.15, 0.2) is 0 Å². The third-order valence-electron chi connectivity index (χ3n) is 3.95. The van der Waals surface area contributed by atoms with Crippen LogP contribution >= 0.6 is 15.9 Å². The molecular weight excluding hydrogens is 364 g/mol. The molecule has 22 heavy (non-hydrogen) atoms. The number of halogens is 1. The lowest BCUT2D eigenvalue weighted by Gasteiger charge is -2.46. The monoisotopic (exact) mass is 388 g/mol. The highest BCUT2D eigenvalue weighted by Gasteiger charge is 2.39. The van der Waals surface area contributed by atoms with Crippen LogP contribution in [0.2, 0.25) is 0 Å². The van der Waals surface area contributed by atoms with Crippen molar-refractivity contribution in [3.8, 4) is 0 Å². The fraction of sp³-hybridized carbons (Fsp3) is 0.625. The topological polar surface area (TPSA) is 58.2 Å². The minimum atomic E-state index is -3.50. The summed E-state index contributed by atoms with van der Waals surface area (Å²) in [5.74, 6) is 0. The molecule has 1 aliphatic rings. The van der Waals surface area contributed by atoms with Crippen LogP contribution in [0.15, 0.2) is 27.6 Å². The molecule has 0 saturated carbocycles. The van der Waals surface area contributed by atoms with Crippen molar-refractivity contribution in [3.05, 3.63) is 28.2 Å². The molecule has 0 unspecified atom stereocenters. The van der Waals surface area contributed by atoms with Crippen LogP contribution in [0.25, 0.3) is 0 Å². The summed E-state index contributed by atoms with van der Waals surface area (Å²) in [7, 11) is -3.50. The summed E-state index contributed by atoms with van der Waals surface area (Å²) < 4.78 is 29.1. The molecule has 4 nitrogen and oxygen atoms in total. The van der Waals surface area contributed by atoms with Gasteiger partial charge in [-0.25, -0.2) is 13.1 Å². The van der Waals surface area contributed by atoms with Gasteiger partial charge in [-0.3, -0.25) is 0 Å². The maximum absolute atomic E-state index is 12.6. The maximum Gasteiger partial charge on any atom is 0.240 e. The predicted molar refractivity (Wildman–Crippen MR) is 93.5 cm³/mol. The first-order chi connectivity index (χ1) is 9.90. The summed E-state index contributed by atoms with van der Waals surface area (Å²) in [5.41, 5.74) is 0.726. The molecular formula is C16H25BrN2O2S. The van der Waals surface area contributed by atoms with Gasteiger partial charge < -0.3 is 5.32 Å². The molecule has 1 saturated heterocycles. The van der Waals surface area contributed by atoms with Crippen LogP contribution in [0.1, 0.15) is 46.1 Å². The highest BCUT2D eigenvalue weighted by atomic mass is 79.9. The summed E-state index contributed by atoms with van der Waals surface area (Å²) in [4.78, 5) is 0.322. The van der Waals surface area contributed by atoms with Gasteiger partial charge in [-0.15, -0.1) is 0 Å². The first-order valence-corrected chi connectivity index (χ1v) is 9.76. The Balaban J connectivity index is 2.23. The second-order valence-electron chi connectivity index (χ2n) is 7.53. The van der Waals surface area contributed by atoms with Crippen molar-refractivity contribution in [1.82, 2.24) is 10.0 Å². The van der Waals surface area contributed by atoms with Gasteiger partial charge in [0.05, 0.1) is 4.90 Å². The Labute approximate surface area is 142 Å².